The predicted octanol–water partition coefficient (Wildman–Crippen LogP) is 4.48. The summed E-state index contributed by atoms with van der Waals surface area (Å²) in [4.78, 5) is 30.0. The molecule has 0 saturated carbocycles. The zero-order chi connectivity index (χ0) is 25.2. The van der Waals surface area contributed by atoms with Crippen LogP contribution in [0.25, 0.3) is 0 Å². The van der Waals surface area contributed by atoms with Crippen molar-refractivity contribution in [3.63, 3.8) is 0 Å². The Morgan fingerprint density at radius 2 is 1.50 bits per heavy atom. The van der Waals surface area contributed by atoms with E-state index in [1.165, 1.54) is 5.56 Å². The number of anilines is 2. The molecule has 3 aromatic carbocycles. The number of ether oxygens (including phenoxy) is 1. The van der Waals surface area contributed by atoms with Gasteiger partial charge in [0.1, 0.15) is 5.75 Å². The van der Waals surface area contributed by atoms with Crippen LogP contribution >= 0.6 is 0 Å². The van der Waals surface area contributed by atoms with Gasteiger partial charge < -0.3 is 20.3 Å². The lowest BCUT2D eigenvalue weighted by Gasteiger charge is -2.21. The van der Waals surface area contributed by atoms with Gasteiger partial charge in [-0.05, 0) is 61.5 Å². The summed E-state index contributed by atoms with van der Waals surface area (Å²) < 4.78 is 5.28. The normalized spacial score (nSPS) is 14.6. The average molecular weight is 487 g/mol. The standard InChI is InChI=1S/C29H34N4O3/c1-36-27-11-6-5-10-26(27)31-29(35)24-12-14-25(15-13-24)30-28(34)16-19-32-17-7-18-33(21-20-32)22-23-8-3-2-4-9-23/h2-6,8-15H,7,16-22H2,1H3,(H,30,34)(H,31,35). The molecule has 3 aromatic rings. The van der Waals surface area contributed by atoms with Crippen LogP contribution in [0.15, 0.2) is 78.9 Å². The lowest BCUT2D eigenvalue weighted by atomic mass is 10.2. The smallest absolute Gasteiger partial charge is 0.255 e. The fourth-order valence-corrected chi connectivity index (χ4v) is 4.38. The van der Waals surface area contributed by atoms with Gasteiger partial charge in [-0.1, -0.05) is 42.5 Å². The minimum absolute atomic E-state index is 0.0217. The Balaban J connectivity index is 1.21. The fraction of sp³-hybridized carbons (Fsp3) is 0.310. The second kappa shape index (κ2) is 12.9. The van der Waals surface area contributed by atoms with E-state index < -0.39 is 0 Å². The SMILES string of the molecule is COc1ccccc1NC(=O)c1ccc(NC(=O)CCN2CCCN(Cc3ccccc3)CC2)cc1. The van der Waals surface area contributed by atoms with Crippen LogP contribution in [0.1, 0.15) is 28.8 Å². The van der Waals surface area contributed by atoms with Gasteiger partial charge in [-0.3, -0.25) is 14.5 Å². The first-order valence-corrected chi connectivity index (χ1v) is 12.4. The highest BCUT2D eigenvalue weighted by atomic mass is 16.5. The minimum atomic E-state index is -0.236. The largest absolute Gasteiger partial charge is 0.495 e. The number of carbonyl (C=O) groups excluding carboxylic acids is 2. The average Bonchev–Trinajstić information content (AvgIpc) is 3.14. The van der Waals surface area contributed by atoms with Gasteiger partial charge in [0.05, 0.1) is 12.8 Å². The molecule has 4 rings (SSSR count). The summed E-state index contributed by atoms with van der Waals surface area (Å²) in [5.74, 6) is 0.342. The molecule has 0 bridgehead atoms. The highest BCUT2D eigenvalue weighted by Gasteiger charge is 2.16. The van der Waals surface area contributed by atoms with Crippen LogP contribution in [0.3, 0.4) is 0 Å². The van der Waals surface area contributed by atoms with E-state index in [4.69, 9.17) is 4.74 Å². The van der Waals surface area contributed by atoms with Gasteiger partial charge in [0, 0.05) is 43.9 Å². The molecule has 1 fully saturated rings. The first-order valence-electron chi connectivity index (χ1n) is 12.4. The number of benzene rings is 3. The molecule has 1 saturated heterocycles. The van der Waals surface area contributed by atoms with Crippen molar-refractivity contribution in [1.29, 1.82) is 0 Å². The van der Waals surface area contributed by atoms with Crippen LogP contribution in [0.4, 0.5) is 11.4 Å². The Hall–Kier alpha value is -3.68. The lowest BCUT2D eigenvalue weighted by Crippen LogP contribution is -2.32. The van der Waals surface area contributed by atoms with Crippen molar-refractivity contribution < 1.29 is 14.3 Å². The van der Waals surface area contributed by atoms with Crippen molar-refractivity contribution in [2.24, 2.45) is 0 Å². The van der Waals surface area contributed by atoms with Crippen LogP contribution < -0.4 is 15.4 Å². The molecule has 0 unspecified atom stereocenters. The third kappa shape index (κ3) is 7.41. The van der Waals surface area contributed by atoms with Gasteiger partial charge in [0.2, 0.25) is 5.91 Å². The van der Waals surface area contributed by atoms with E-state index >= 15 is 0 Å². The van der Waals surface area contributed by atoms with E-state index in [-0.39, 0.29) is 11.8 Å². The van der Waals surface area contributed by atoms with E-state index in [1.54, 1.807) is 43.5 Å². The van der Waals surface area contributed by atoms with E-state index in [0.717, 1.165) is 45.7 Å². The van der Waals surface area contributed by atoms with E-state index in [0.29, 0.717) is 29.1 Å². The molecule has 0 radical (unpaired) electrons. The Labute approximate surface area is 213 Å². The molecule has 0 atom stereocenters. The highest BCUT2D eigenvalue weighted by Crippen LogP contribution is 2.24. The molecule has 1 heterocycles. The quantitative estimate of drug-likeness (QED) is 0.466. The molecular weight excluding hydrogens is 452 g/mol. The zero-order valence-corrected chi connectivity index (χ0v) is 20.8. The molecule has 36 heavy (non-hydrogen) atoms. The number of methoxy groups -OCH3 is 1. The number of nitrogens with zero attached hydrogens (tertiary/aromatic N) is 2. The zero-order valence-electron chi connectivity index (χ0n) is 20.8. The molecule has 0 spiro atoms. The fourth-order valence-electron chi connectivity index (χ4n) is 4.38. The summed E-state index contributed by atoms with van der Waals surface area (Å²) in [6, 6.07) is 24.7. The van der Waals surface area contributed by atoms with Crippen LogP contribution in [0.5, 0.6) is 5.75 Å². The van der Waals surface area contributed by atoms with Crippen molar-refractivity contribution >= 4 is 23.2 Å². The monoisotopic (exact) mass is 486 g/mol. The summed E-state index contributed by atoms with van der Waals surface area (Å²) in [5, 5.41) is 5.80. The highest BCUT2D eigenvalue weighted by molar-refractivity contribution is 6.05. The lowest BCUT2D eigenvalue weighted by molar-refractivity contribution is -0.116. The second-order valence-corrected chi connectivity index (χ2v) is 8.99. The molecule has 2 N–H and O–H groups in total. The van der Waals surface area contributed by atoms with Gasteiger partial charge in [0.25, 0.3) is 5.91 Å². The maximum atomic E-state index is 12.6. The van der Waals surface area contributed by atoms with Crippen molar-refractivity contribution in [1.82, 2.24) is 9.80 Å². The van der Waals surface area contributed by atoms with E-state index in [9.17, 15) is 9.59 Å². The molecule has 0 aromatic heterocycles. The summed E-state index contributed by atoms with van der Waals surface area (Å²) >= 11 is 0. The summed E-state index contributed by atoms with van der Waals surface area (Å²) in [6.07, 6.45) is 1.54. The first kappa shape index (κ1) is 25.4. The van der Waals surface area contributed by atoms with Gasteiger partial charge in [-0.2, -0.15) is 0 Å². The number of carbonyl (C=O) groups is 2. The Bertz CT molecular complexity index is 1130. The number of para-hydroxylation sites is 2. The number of nitrogens with one attached hydrogen (secondary N) is 2. The minimum Gasteiger partial charge on any atom is -0.495 e. The molecule has 1 aliphatic heterocycles. The third-order valence-electron chi connectivity index (χ3n) is 6.37. The van der Waals surface area contributed by atoms with Crippen molar-refractivity contribution in [2.75, 3.05) is 50.5 Å². The van der Waals surface area contributed by atoms with Crippen molar-refractivity contribution in [3.05, 3.63) is 90.0 Å². The Kier molecular flexibility index (Phi) is 9.08. The third-order valence-corrected chi connectivity index (χ3v) is 6.37. The predicted molar refractivity (Wildman–Crippen MR) is 143 cm³/mol. The maximum absolute atomic E-state index is 12.6. The topological polar surface area (TPSA) is 73.9 Å². The van der Waals surface area contributed by atoms with Gasteiger partial charge in [-0.25, -0.2) is 0 Å². The Morgan fingerprint density at radius 3 is 2.28 bits per heavy atom. The molecule has 188 valence electrons. The number of hydrogen-bond donors (Lipinski definition) is 2. The molecular formula is C29H34N4O3. The van der Waals surface area contributed by atoms with Crippen LogP contribution in [-0.4, -0.2) is 61.4 Å². The first-order chi connectivity index (χ1) is 17.6. The number of hydrogen-bond acceptors (Lipinski definition) is 5. The summed E-state index contributed by atoms with van der Waals surface area (Å²) in [7, 11) is 1.57. The van der Waals surface area contributed by atoms with Gasteiger partial charge in [0.15, 0.2) is 0 Å². The second-order valence-electron chi connectivity index (χ2n) is 8.99. The molecule has 0 aliphatic carbocycles. The van der Waals surface area contributed by atoms with Gasteiger partial charge in [-0.15, -0.1) is 0 Å². The van der Waals surface area contributed by atoms with Crippen molar-refractivity contribution in [3.8, 4) is 5.75 Å². The van der Waals surface area contributed by atoms with Crippen molar-refractivity contribution in [2.45, 2.75) is 19.4 Å². The molecule has 7 nitrogen and oxygen atoms in total. The Morgan fingerprint density at radius 1 is 0.806 bits per heavy atom. The van der Waals surface area contributed by atoms with Crippen LogP contribution in [0, 0.1) is 0 Å². The van der Waals surface area contributed by atoms with Crippen LogP contribution in [0.2, 0.25) is 0 Å². The van der Waals surface area contributed by atoms with E-state index in [1.807, 2.05) is 18.2 Å². The molecule has 7 heteroatoms. The summed E-state index contributed by atoms with van der Waals surface area (Å²) in [6.45, 7) is 5.78. The molecule has 1 aliphatic rings. The molecule has 2 amide bonds. The number of rotatable bonds is 9. The van der Waals surface area contributed by atoms with Crippen LogP contribution in [-0.2, 0) is 11.3 Å². The number of amides is 2. The summed E-state index contributed by atoms with van der Waals surface area (Å²) in [5.41, 5.74) is 3.13. The van der Waals surface area contributed by atoms with Gasteiger partial charge >= 0.3 is 0 Å². The van der Waals surface area contributed by atoms with E-state index in [2.05, 4.69) is 44.7 Å². The maximum Gasteiger partial charge on any atom is 0.255 e.